The summed E-state index contributed by atoms with van der Waals surface area (Å²) >= 11 is 6.33. The van der Waals surface area contributed by atoms with Crippen molar-refractivity contribution < 1.29 is 9.18 Å². The normalized spacial score (nSPS) is 14.8. The molecule has 2 aliphatic rings. The number of nitrogens with zero attached hydrogens (tertiary/aromatic N) is 5. The number of nitrogens with one attached hydrogen (secondary N) is 1. The summed E-state index contributed by atoms with van der Waals surface area (Å²) < 4.78 is 14.7. The van der Waals surface area contributed by atoms with Gasteiger partial charge in [0.1, 0.15) is 5.69 Å². The van der Waals surface area contributed by atoms with Gasteiger partial charge in [0.25, 0.3) is 5.91 Å². The fourth-order valence-electron chi connectivity index (χ4n) is 4.86. The Morgan fingerprint density at radius 3 is 2.55 bits per heavy atom. The van der Waals surface area contributed by atoms with Crippen molar-refractivity contribution in [3.8, 4) is 11.3 Å². The summed E-state index contributed by atoms with van der Waals surface area (Å²) in [6.45, 7) is 1.60. The molecule has 1 saturated heterocycles. The van der Waals surface area contributed by atoms with Crippen molar-refractivity contribution in [3.63, 3.8) is 0 Å². The Balaban J connectivity index is 0.00000323. The summed E-state index contributed by atoms with van der Waals surface area (Å²) in [5.74, 6) is -0.0799. The maximum Gasteiger partial charge on any atom is 0.253 e. The van der Waals surface area contributed by atoms with E-state index in [1.54, 1.807) is 36.5 Å². The first-order chi connectivity index (χ1) is 19.0. The van der Waals surface area contributed by atoms with E-state index >= 15 is 0 Å². The lowest BCUT2D eigenvalue weighted by Gasteiger charge is -2.30. The maximum absolute atomic E-state index is 14.7. The molecule has 0 radical (unpaired) electrons. The van der Waals surface area contributed by atoms with E-state index in [0.29, 0.717) is 46.6 Å². The number of pyridine rings is 1. The Morgan fingerprint density at radius 1 is 1.02 bits per heavy atom. The second kappa shape index (κ2) is 11.5. The van der Waals surface area contributed by atoms with Crippen molar-refractivity contribution >= 4 is 34.9 Å². The number of nitrogens with two attached hydrogens (primary N) is 1. The summed E-state index contributed by atoms with van der Waals surface area (Å²) in [4.78, 5) is 32.9. The molecule has 0 spiro atoms. The van der Waals surface area contributed by atoms with E-state index in [2.05, 4.69) is 20.3 Å². The number of halogens is 2. The topological polar surface area (TPSA) is 109 Å². The van der Waals surface area contributed by atoms with Crippen LogP contribution >= 0.6 is 11.6 Å². The molecule has 0 unspecified atom stereocenters. The number of aliphatic imine (C=N–C) groups is 1. The highest BCUT2D eigenvalue weighted by molar-refractivity contribution is 6.31. The fraction of sp³-hybridized carbons (Fsp3) is 0.233. The van der Waals surface area contributed by atoms with Gasteiger partial charge < -0.3 is 16.0 Å². The molecule has 40 heavy (non-hydrogen) atoms. The van der Waals surface area contributed by atoms with Gasteiger partial charge in [0.15, 0.2) is 5.82 Å². The van der Waals surface area contributed by atoms with Crippen LogP contribution in [-0.2, 0) is 6.54 Å². The van der Waals surface area contributed by atoms with E-state index in [1.807, 2.05) is 23.1 Å². The van der Waals surface area contributed by atoms with Crippen LogP contribution in [0.15, 0.2) is 72.0 Å². The van der Waals surface area contributed by atoms with Crippen LogP contribution in [0.5, 0.6) is 0 Å². The van der Waals surface area contributed by atoms with E-state index in [-0.39, 0.29) is 31.6 Å². The van der Waals surface area contributed by atoms with E-state index in [0.717, 1.165) is 29.7 Å². The molecular formula is C30H29ClFN7O. The van der Waals surface area contributed by atoms with Crippen molar-refractivity contribution in [1.82, 2.24) is 19.9 Å². The van der Waals surface area contributed by atoms with Crippen LogP contribution in [0.3, 0.4) is 0 Å². The van der Waals surface area contributed by atoms with Crippen molar-refractivity contribution in [1.29, 1.82) is 0 Å². The van der Waals surface area contributed by atoms with E-state index < -0.39 is 5.82 Å². The van der Waals surface area contributed by atoms with Crippen molar-refractivity contribution in [2.24, 2.45) is 10.7 Å². The SMILES string of the molecule is C.NC1CCN(C(=O)c2ccc(Nc3ncc4c(n3)-c3ccc(Cl)cc3C(c3ncccc3F)=NC4)cc2)CC1. The van der Waals surface area contributed by atoms with E-state index in [1.165, 1.54) is 12.3 Å². The Labute approximate surface area is 237 Å². The minimum absolute atomic E-state index is 0. The number of carbonyl (C=O) groups is 1. The fourth-order valence-corrected chi connectivity index (χ4v) is 5.03. The van der Waals surface area contributed by atoms with E-state index in [9.17, 15) is 9.18 Å². The third kappa shape index (κ3) is 5.43. The Kier molecular flexibility index (Phi) is 7.86. The highest BCUT2D eigenvalue weighted by Crippen LogP contribution is 2.34. The van der Waals surface area contributed by atoms with Gasteiger partial charge in [0.05, 0.1) is 18.0 Å². The summed E-state index contributed by atoms with van der Waals surface area (Å²) in [5.41, 5.74) is 10.7. The van der Waals surface area contributed by atoms with Crippen LogP contribution in [0, 0.1) is 5.82 Å². The Bertz CT molecular complexity index is 1580. The largest absolute Gasteiger partial charge is 0.339 e. The van der Waals surface area contributed by atoms with Gasteiger partial charge in [-0.1, -0.05) is 25.1 Å². The molecule has 0 saturated carbocycles. The molecule has 0 bridgehead atoms. The highest BCUT2D eigenvalue weighted by Gasteiger charge is 2.24. The molecule has 8 nitrogen and oxygen atoms in total. The predicted molar refractivity (Wildman–Crippen MR) is 156 cm³/mol. The van der Waals surface area contributed by atoms with Crippen molar-refractivity contribution in [2.45, 2.75) is 32.9 Å². The average molecular weight is 558 g/mol. The number of anilines is 2. The van der Waals surface area contributed by atoms with Crippen LogP contribution in [0.2, 0.25) is 5.02 Å². The van der Waals surface area contributed by atoms with Crippen molar-refractivity contribution in [3.05, 3.63) is 100 Å². The third-order valence-electron chi connectivity index (χ3n) is 6.96. The van der Waals surface area contributed by atoms with Gasteiger partial charge in [-0.2, -0.15) is 0 Å². The Hall–Kier alpha value is -4.21. The van der Waals surface area contributed by atoms with Gasteiger partial charge in [0.2, 0.25) is 5.95 Å². The lowest BCUT2D eigenvalue weighted by Crippen LogP contribution is -2.42. The van der Waals surface area contributed by atoms with Gasteiger partial charge in [-0.3, -0.25) is 14.8 Å². The monoisotopic (exact) mass is 557 g/mol. The summed E-state index contributed by atoms with van der Waals surface area (Å²) in [5, 5.41) is 3.72. The van der Waals surface area contributed by atoms with Gasteiger partial charge >= 0.3 is 0 Å². The molecule has 4 aromatic rings. The Morgan fingerprint density at radius 2 is 1.80 bits per heavy atom. The molecule has 2 aromatic heterocycles. The minimum Gasteiger partial charge on any atom is -0.339 e. The minimum atomic E-state index is -0.465. The van der Waals surface area contributed by atoms with Crippen LogP contribution < -0.4 is 11.1 Å². The predicted octanol–water partition coefficient (Wildman–Crippen LogP) is 5.63. The molecule has 4 heterocycles. The number of rotatable bonds is 4. The number of fused-ring (bicyclic) bond motifs is 3. The first-order valence-electron chi connectivity index (χ1n) is 12.7. The van der Waals surface area contributed by atoms with E-state index in [4.69, 9.17) is 22.3 Å². The second-order valence-electron chi connectivity index (χ2n) is 9.59. The quantitative estimate of drug-likeness (QED) is 0.337. The third-order valence-corrected chi connectivity index (χ3v) is 7.20. The first-order valence-corrected chi connectivity index (χ1v) is 13.1. The molecule has 2 aromatic carbocycles. The summed E-state index contributed by atoms with van der Waals surface area (Å²) in [6.07, 6.45) is 4.88. The molecule has 1 fully saturated rings. The zero-order valence-electron chi connectivity index (χ0n) is 20.9. The van der Waals surface area contributed by atoms with Gasteiger partial charge in [-0.15, -0.1) is 0 Å². The lowest BCUT2D eigenvalue weighted by molar-refractivity contribution is 0.0715. The zero-order valence-corrected chi connectivity index (χ0v) is 21.7. The van der Waals surface area contributed by atoms with Gasteiger partial charge in [-0.05, 0) is 61.4 Å². The van der Waals surface area contributed by atoms with Gasteiger partial charge in [-0.25, -0.2) is 14.4 Å². The molecular weight excluding hydrogens is 529 g/mol. The average Bonchev–Trinajstić information content (AvgIpc) is 3.10. The number of benzene rings is 2. The van der Waals surface area contributed by atoms with Crippen LogP contribution in [0.25, 0.3) is 11.3 Å². The number of hydrogen-bond donors (Lipinski definition) is 2. The molecule has 1 amide bonds. The number of aromatic nitrogens is 3. The van der Waals surface area contributed by atoms with Crippen molar-refractivity contribution in [2.75, 3.05) is 18.4 Å². The van der Waals surface area contributed by atoms with Crippen LogP contribution in [0.1, 0.15) is 47.4 Å². The molecule has 0 atom stereocenters. The number of carbonyl (C=O) groups excluding carboxylic acids is 1. The van der Waals surface area contributed by atoms with Gasteiger partial charge in [0, 0.05) is 64.5 Å². The number of piperidine rings is 1. The summed E-state index contributed by atoms with van der Waals surface area (Å²) in [6, 6.07) is 15.7. The molecule has 10 heteroatoms. The molecule has 2 aliphatic heterocycles. The smallest absolute Gasteiger partial charge is 0.253 e. The molecule has 6 rings (SSSR count). The highest BCUT2D eigenvalue weighted by atomic mass is 35.5. The number of amides is 1. The number of hydrogen-bond acceptors (Lipinski definition) is 7. The standard InChI is InChI=1S/C29H25ClFN7O.CH4/c30-19-5-8-22-23(14-19)26(27-24(31)2-1-11-33-27)34-15-18-16-35-29(37-25(18)22)36-21-6-3-17(4-7-21)28(39)38-12-9-20(32)10-13-38;/h1-8,11,14,16,20H,9-10,12-13,15,32H2,(H,35,36,37);1H4. The second-order valence-corrected chi connectivity index (χ2v) is 10.0. The molecule has 204 valence electrons. The zero-order chi connectivity index (χ0) is 26.9. The van der Waals surface area contributed by atoms with Crippen LogP contribution in [-0.4, -0.2) is 50.6 Å². The molecule has 0 aliphatic carbocycles. The van der Waals surface area contributed by atoms with Crippen LogP contribution in [0.4, 0.5) is 16.0 Å². The molecule has 3 N–H and O–H groups in total. The maximum atomic E-state index is 14.7. The first kappa shape index (κ1) is 27.4. The summed E-state index contributed by atoms with van der Waals surface area (Å²) in [7, 11) is 0. The number of likely N-dealkylation sites (tertiary alicyclic amines) is 1. The lowest BCUT2D eigenvalue weighted by atomic mass is 9.97.